The second-order valence-electron chi connectivity index (χ2n) is 3.27. The zero-order valence-electron chi connectivity index (χ0n) is 8.53. The summed E-state index contributed by atoms with van der Waals surface area (Å²) in [6.07, 6.45) is 5.35. The molecule has 2 rings (SSSR count). The maximum atomic E-state index is 5.35. The summed E-state index contributed by atoms with van der Waals surface area (Å²) >= 11 is 5.24. The van der Waals surface area contributed by atoms with Gasteiger partial charge in [-0.1, -0.05) is 12.0 Å². The minimum absolute atomic E-state index is 0.812. The molecule has 80 valence electrons. The number of anilines is 1. The highest BCUT2D eigenvalue weighted by Crippen LogP contribution is 2.23. The Labute approximate surface area is 108 Å². The summed E-state index contributed by atoms with van der Waals surface area (Å²) < 4.78 is 1.15. The highest BCUT2D eigenvalue weighted by atomic mass is 79.9. The minimum Gasteiger partial charge on any atom is -0.380 e. The summed E-state index contributed by atoms with van der Waals surface area (Å²) in [5, 5.41) is 5.42. The van der Waals surface area contributed by atoms with Gasteiger partial charge in [-0.15, -0.1) is 17.8 Å². The minimum atomic E-state index is 0.812. The first-order valence-electron chi connectivity index (χ1n) is 4.82. The van der Waals surface area contributed by atoms with Crippen molar-refractivity contribution in [3.63, 3.8) is 0 Å². The number of nitrogens with one attached hydrogen (secondary N) is 1. The molecule has 0 unspecified atom stereocenters. The van der Waals surface area contributed by atoms with Crippen LogP contribution in [-0.2, 0) is 6.54 Å². The molecule has 0 spiro atoms. The van der Waals surface area contributed by atoms with Gasteiger partial charge >= 0.3 is 0 Å². The number of halogens is 1. The van der Waals surface area contributed by atoms with Crippen molar-refractivity contribution in [2.24, 2.45) is 0 Å². The van der Waals surface area contributed by atoms with E-state index < -0.39 is 0 Å². The van der Waals surface area contributed by atoms with E-state index in [-0.39, 0.29) is 0 Å². The monoisotopic (exact) mass is 291 g/mol. The molecule has 1 aromatic heterocycles. The predicted octanol–water partition coefficient (Wildman–Crippen LogP) is 4.10. The van der Waals surface area contributed by atoms with Gasteiger partial charge in [-0.2, -0.15) is 0 Å². The fourth-order valence-electron chi connectivity index (χ4n) is 1.35. The van der Waals surface area contributed by atoms with Crippen molar-refractivity contribution in [1.29, 1.82) is 0 Å². The maximum absolute atomic E-state index is 5.35. The summed E-state index contributed by atoms with van der Waals surface area (Å²) in [4.78, 5) is 1.28. The number of hydrogen-bond donors (Lipinski definition) is 1. The van der Waals surface area contributed by atoms with E-state index in [0.717, 1.165) is 22.3 Å². The van der Waals surface area contributed by atoms with E-state index in [4.69, 9.17) is 6.42 Å². The molecule has 0 radical (unpaired) electrons. The molecule has 3 heteroatoms. The third kappa shape index (κ3) is 2.66. The van der Waals surface area contributed by atoms with Crippen molar-refractivity contribution in [1.82, 2.24) is 0 Å². The molecule has 1 heterocycles. The van der Waals surface area contributed by atoms with Crippen LogP contribution in [0.4, 0.5) is 5.69 Å². The first-order chi connectivity index (χ1) is 7.79. The largest absolute Gasteiger partial charge is 0.380 e. The standard InChI is InChI=1S/C13H10BrNS/c1-2-10-4-3-5-11(8-10)15-9-13-12(14)6-7-16-13/h1,3-8,15H,9H2. The molecule has 1 N–H and O–H groups in total. The maximum Gasteiger partial charge on any atom is 0.0505 e. The van der Waals surface area contributed by atoms with Gasteiger partial charge in [-0.25, -0.2) is 0 Å². The van der Waals surface area contributed by atoms with Crippen LogP contribution in [0.1, 0.15) is 10.4 Å². The van der Waals surface area contributed by atoms with Crippen LogP contribution in [0.15, 0.2) is 40.2 Å². The van der Waals surface area contributed by atoms with E-state index >= 15 is 0 Å². The number of thiophene rings is 1. The Morgan fingerprint density at radius 2 is 2.25 bits per heavy atom. The van der Waals surface area contributed by atoms with E-state index in [1.165, 1.54) is 4.88 Å². The van der Waals surface area contributed by atoms with Gasteiger partial charge in [0.1, 0.15) is 0 Å². The molecule has 2 aromatic rings. The molecule has 0 bridgehead atoms. The van der Waals surface area contributed by atoms with Crippen molar-refractivity contribution >= 4 is 33.0 Å². The molecule has 0 saturated heterocycles. The van der Waals surface area contributed by atoms with Gasteiger partial charge in [-0.05, 0) is 45.6 Å². The Morgan fingerprint density at radius 3 is 2.94 bits per heavy atom. The van der Waals surface area contributed by atoms with E-state index in [1.54, 1.807) is 11.3 Å². The molecule has 1 nitrogen and oxygen atoms in total. The topological polar surface area (TPSA) is 12.0 Å². The Hall–Kier alpha value is -1.24. The Kier molecular flexibility index (Phi) is 3.66. The van der Waals surface area contributed by atoms with Crippen LogP contribution in [0, 0.1) is 12.3 Å². The fraction of sp³-hybridized carbons (Fsp3) is 0.0769. The highest BCUT2D eigenvalue weighted by Gasteiger charge is 2.00. The van der Waals surface area contributed by atoms with Crippen LogP contribution in [-0.4, -0.2) is 0 Å². The molecule has 16 heavy (non-hydrogen) atoms. The Bertz CT molecular complexity index is 525. The second-order valence-corrected chi connectivity index (χ2v) is 5.13. The quantitative estimate of drug-likeness (QED) is 0.840. The van der Waals surface area contributed by atoms with Crippen molar-refractivity contribution in [3.8, 4) is 12.3 Å². The molecule has 0 aliphatic carbocycles. The van der Waals surface area contributed by atoms with Gasteiger partial charge < -0.3 is 5.32 Å². The molecule has 0 saturated carbocycles. The lowest BCUT2D eigenvalue weighted by molar-refractivity contribution is 1.18. The van der Waals surface area contributed by atoms with Crippen molar-refractivity contribution in [2.45, 2.75) is 6.54 Å². The molecular weight excluding hydrogens is 282 g/mol. The lowest BCUT2D eigenvalue weighted by Crippen LogP contribution is -1.97. The van der Waals surface area contributed by atoms with Gasteiger partial charge in [-0.3, -0.25) is 0 Å². The average molecular weight is 292 g/mol. The summed E-state index contributed by atoms with van der Waals surface area (Å²) in [6.45, 7) is 0.812. The Morgan fingerprint density at radius 1 is 1.38 bits per heavy atom. The number of benzene rings is 1. The summed E-state index contributed by atoms with van der Waals surface area (Å²) in [6, 6.07) is 9.93. The molecule has 0 aliphatic heterocycles. The molecule has 0 fully saturated rings. The van der Waals surface area contributed by atoms with Crippen LogP contribution in [0.25, 0.3) is 0 Å². The summed E-state index contributed by atoms with van der Waals surface area (Å²) in [7, 11) is 0. The van der Waals surface area contributed by atoms with Crippen molar-refractivity contribution < 1.29 is 0 Å². The van der Waals surface area contributed by atoms with Crippen LogP contribution in [0.3, 0.4) is 0 Å². The average Bonchev–Trinajstić information content (AvgIpc) is 2.72. The zero-order chi connectivity index (χ0) is 11.4. The van der Waals surface area contributed by atoms with Crippen LogP contribution in [0.2, 0.25) is 0 Å². The highest BCUT2D eigenvalue weighted by molar-refractivity contribution is 9.10. The molecular formula is C13H10BrNS. The van der Waals surface area contributed by atoms with E-state index in [9.17, 15) is 0 Å². The predicted molar refractivity (Wildman–Crippen MR) is 73.7 cm³/mol. The lowest BCUT2D eigenvalue weighted by atomic mass is 10.2. The van der Waals surface area contributed by atoms with Crippen molar-refractivity contribution in [3.05, 3.63) is 50.6 Å². The van der Waals surface area contributed by atoms with E-state index in [1.807, 2.05) is 24.3 Å². The van der Waals surface area contributed by atoms with Gasteiger partial charge in [0.05, 0.1) is 6.54 Å². The first-order valence-corrected chi connectivity index (χ1v) is 6.49. The first kappa shape index (κ1) is 11.3. The number of terminal acetylenes is 1. The lowest BCUT2D eigenvalue weighted by Gasteiger charge is -2.05. The third-order valence-corrected chi connectivity index (χ3v) is 4.10. The Balaban J connectivity index is 2.05. The SMILES string of the molecule is C#Cc1cccc(NCc2sccc2Br)c1. The van der Waals surface area contributed by atoms with Crippen LogP contribution >= 0.6 is 27.3 Å². The van der Waals surface area contributed by atoms with Crippen LogP contribution in [0.5, 0.6) is 0 Å². The normalized spacial score (nSPS) is 9.75. The van der Waals surface area contributed by atoms with Crippen molar-refractivity contribution in [2.75, 3.05) is 5.32 Å². The second kappa shape index (κ2) is 5.20. The molecule has 0 aliphatic rings. The number of hydrogen-bond acceptors (Lipinski definition) is 2. The van der Waals surface area contributed by atoms with Crippen LogP contribution < -0.4 is 5.32 Å². The van der Waals surface area contributed by atoms with Gasteiger partial charge in [0, 0.05) is 20.6 Å². The van der Waals surface area contributed by atoms with E-state index in [2.05, 4.69) is 38.6 Å². The van der Waals surface area contributed by atoms with Gasteiger partial charge in [0.25, 0.3) is 0 Å². The smallest absolute Gasteiger partial charge is 0.0505 e. The van der Waals surface area contributed by atoms with Gasteiger partial charge in [0.15, 0.2) is 0 Å². The number of rotatable bonds is 3. The van der Waals surface area contributed by atoms with Gasteiger partial charge in [0.2, 0.25) is 0 Å². The summed E-state index contributed by atoms with van der Waals surface area (Å²) in [5.41, 5.74) is 1.95. The molecule has 1 aromatic carbocycles. The zero-order valence-corrected chi connectivity index (χ0v) is 10.9. The molecule has 0 atom stereocenters. The third-order valence-electron chi connectivity index (χ3n) is 2.17. The van der Waals surface area contributed by atoms with E-state index in [0.29, 0.717) is 0 Å². The summed E-state index contributed by atoms with van der Waals surface area (Å²) in [5.74, 6) is 2.63. The fourth-order valence-corrected chi connectivity index (χ4v) is 2.78. The molecule has 0 amide bonds.